The van der Waals surface area contributed by atoms with Crippen LogP contribution in [-0.2, 0) is 19.4 Å². The van der Waals surface area contributed by atoms with E-state index in [1.807, 2.05) is 36.5 Å². The lowest BCUT2D eigenvalue weighted by Crippen LogP contribution is -2.49. The summed E-state index contributed by atoms with van der Waals surface area (Å²) in [7, 11) is 0. The molecule has 1 saturated heterocycles. The Morgan fingerprint density at radius 3 is 2.38 bits per heavy atom. The van der Waals surface area contributed by atoms with E-state index in [2.05, 4.69) is 27.9 Å². The third-order valence-corrected chi connectivity index (χ3v) is 5.98. The Morgan fingerprint density at radius 2 is 1.74 bits per heavy atom. The van der Waals surface area contributed by atoms with Gasteiger partial charge >= 0.3 is 12.1 Å². The molecule has 0 aliphatic carbocycles. The standard InChI is InChI=1S/C26H28N4O4/c1-19-3-2-12-27-24(19)11-6-20-4-9-23(10-5-20)34-26(33)30-15-13-29(14-16-30)18-22-8-7-21(17-28-22)25(31)32/h2-5,7-10,12,17H,6,11,13-16,18H2,1H3,(H,31,32). The summed E-state index contributed by atoms with van der Waals surface area (Å²) in [5, 5.41) is 8.97. The molecule has 1 N–H and O–H groups in total. The number of carbonyl (C=O) groups is 2. The van der Waals surface area contributed by atoms with E-state index in [0.717, 1.165) is 24.2 Å². The molecule has 0 radical (unpaired) electrons. The van der Waals surface area contributed by atoms with E-state index in [-0.39, 0.29) is 11.7 Å². The molecule has 8 heteroatoms. The fourth-order valence-corrected chi connectivity index (χ4v) is 3.89. The second-order valence-electron chi connectivity index (χ2n) is 8.39. The number of benzene rings is 1. The van der Waals surface area contributed by atoms with Crippen molar-refractivity contribution < 1.29 is 19.4 Å². The van der Waals surface area contributed by atoms with E-state index in [1.54, 1.807) is 17.0 Å². The molecule has 0 saturated carbocycles. The second-order valence-corrected chi connectivity index (χ2v) is 8.39. The van der Waals surface area contributed by atoms with E-state index in [9.17, 15) is 9.59 Å². The van der Waals surface area contributed by atoms with Gasteiger partial charge in [-0.15, -0.1) is 0 Å². The first kappa shape index (κ1) is 23.4. The van der Waals surface area contributed by atoms with E-state index in [1.165, 1.54) is 17.3 Å². The highest BCUT2D eigenvalue weighted by atomic mass is 16.6. The highest BCUT2D eigenvalue weighted by Gasteiger charge is 2.23. The van der Waals surface area contributed by atoms with Crippen molar-refractivity contribution in [3.63, 3.8) is 0 Å². The van der Waals surface area contributed by atoms with Gasteiger partial charge in [-0.05, 0) is 61.2 Å². The Labute approximate surface area is 198 Å². The molecular weight excluding hydrogens is 432 g/mol. The van der Waals surface area contributed by atoms with Crippen LogP contribution >= 0.6 is 0 Å². The average Bonchev–Trinajstić information content (AvgIpc) is 2.85. The Morgan fingerprint density at radius 1 is 0.971 bits per heavy atom. The normalized spacial score (nSPS) is 14.1. The number of carboxylic acids is 1. The van der Waals surface area contributed by atoms with Gasteiger partial charge in [0.25, 0.3) is 0 Å². The van der Waals surface area contributed by atoms with Gasteiger partial charge in [0.2, 0.25) is 0 Å². The molecule has 34 heavy (non-hydrogen) atoms. The first-order valence-corrected chi connectivity index (χ1v) is 11.3. The number of aryl methyl sites for hydroxylation is 3. The number of hydrogen-bond donors (Lipinski definition) is 1. The minimum absolute atomic E-state index is 0.174. The van der Waals surface area contributed by atoms with Crippen molar-refractivity contribution in [2.75, 3.05) is 26.2 Å². The molecule has 4 rings (SSSR count). The lowest BCUT2D eigenvalue weighted by Gasteiger charge is -2.33. The molecular formula is C26H28N4O4. The summed E-state index contributed by atoms with van der Waals surface area (Å²) in [4.78, 5) is 36.1. The van der Waals surface area contributed by atoms with Crippen LogP contribution < -0.4 is 4.74 Å². The quantitative estimate of drug-likeness (QED) is 0.576. The maximum atomic E-state index is 12.6. The average molecular weight is 461 g/mol. The molecule has 2 aromatic heterocycles. The summed E-state index contributed by atoms with van der Waals surface area (Å²) in [5.74, 6) is -0.451. The largest absolute Gasteiger partial charge is 0.478 e. The monoisotopic (exact) mass is 460 g/mol. The van der Waals surface area contributed by atoms with Crippen LogP contribution in [0.25, 0.3) is 0 Å². The van der Waals surface area contributed by atoms with Crippen molar-refractivity contribution in [2.24, 2.45) is 0 Å². The minimum Gasteiger partial charge on any atom is -0.478 e. The van der Waals surface area contributed by atoms with E-state index in [0.29, 0.717) is 38.5 Å². The minimum atomic E-state index is -0.986. The number of aromatic nitrogens is 2. The number of rotatable bonds is 7. The van der Waals surface area contributed by atoms with Gasteiger partial charge in [-0.2, -0.15) is 0 Å². The molecule has 1 amide bonds. The summed E-state index contributed by atoms with van der Waals surface area (Å²) in [5.41, 5.74) is 4.45. The van der Waals surface area contributed by atoms with Crippen LogP contribution in [0.5, 0.6) is 5.75 Å². The molecule has 176 valence electrons. The number of aromatic carboxylic acids is 1. The Kier molecular flexibility index (Phi) is 7.49. The number of carboxylic acid groups (broad SMARTS) is 1. The maximum absolute atomic E-state index is 12.6. The summed E-state index contributed by atoms with van der Waals surface area (Å²) in [6.45, 7) is 5.20. The zero-order chi connectivity index (χ0) is 23.9. The van der Waals surface area contributed by atoms with Gasteiger partial charge in [-0.1, -0.05) is 18.2 Å². The lowest BCUT2D eigenvalue weighted by atomic mass is 10.1. The first-order valence-electron chi connectivity index (χ1n) is 11.3. The second kappa shape index (κ2) is 10.9. The van der Waals surface area contributed by atoms with Crippen molar-refractivity contribution in [2.45, 2.75) is 26.3 Å². The van der Waals surface area contributed by atoms with E-state index < -0.39 is 5.97 Å². The smallest absolute Gasteiger partial charge is 0.415 e. The van der Waals surface area contributed by atoms with Crippen LogP contribution in [0.15, 0.2) is 60.9 Å². The highest BCUT2D eigenvalue weighted by molar-refractivity contribution is 5.87. The molecule has 0 unspecified atom stereocenters. The van der Waals surface area contributed by atoms with Gasteiger partial charge in [0.15, 0.2) is 0 Å². The number of ether oxygens (including phenoxy) is 1. The molecule has 3 aromatic rings. The summed E-state index contributed by atoms with van der Waals surface area (Å²) >= 11 is 0. The third kappa shape index (κ3) is 6.17. The van der Waals surface area contributed by atoms with Crippen molar-refractivity contribution in [3.05, 3.63) is 89.0 Å². The topological polar surface area (TPSA) is 95.9 Å². The zero-order valence-corrected chi connectivity index (χ0v) is 19.2. The molecule has 1 aromatic carbocycles. The number of pyridine rings is 2. The van der Waals surface area contributed by atoms with Crippen molar-refractivity contribution in [1.29, 1.82) is 0 Å². The Balaban J connectivity index is 1.22. The van der Waals surface area contributed by atoms with Crippen molar-refractivity contribution in [1.82, 2.24) is 19.8 Å². The molecule has 1 aliphatic rings. The molecule has 1 aliphatic heterocycles. The third-order valence-electron chi connectivity index (χ3n) is 5.98. The first-order chi connectivity index (χ1) is 16.5. The van der Waals surface area contributed by atoms with Crippen LogP contribution in [0.4, 0.5) is 4.79 Å². The molecule has 1 fully saturated rings. The predicted octanol–water partition coefficient (Wildman–Crippen LogP) is 3.59. The Hall–Kier alpha value is -3.78. The van der Waals surface area contributed by atoms with Crippen molar-refractivity contribution >= 4 is 12.1 Å². The fraction of sp³-hybridized carbons (Fsp3) is 0.308. The van der Waals surface area contributed by atoms with Gasteiger partial charge in [0.1, 0.15) is 5.75 Å². The molecule has 0 atom stereocenters. The van der Waals surface area contributed by atoms with E-state index in [4.69, 9.17) is 9.84 Å². The van der Waals surface area contributed by atoms with Crippen LogP contribution in [0.3, 0.4) is 0 Å². The van der Waals surface area contributed by atoms with Gasteiger partial charge < -0.3 is 14.7 Å². The van der Waals surface area contributed by atoms with Gasteiger partial charge in [0, 0.05) is 50.8 Å². The number of hydrogen-bond acceptors (Lipinski definition) is 6. The van der Waals surface area contributed by atoms with E-state index >= 15 is 0 Å². The fourth-order valence-electron chi connectivity index (χ4n) is 3.89. The summed E-state index contributed by atoms with van der Waals surface area (Å²) < 4.78 is 5.57. The number of piperazine rings is 1. The number of nitrogens with zero attached hydrogens (tertiary/aromatic N) is 4. The summed E-state index contributed by atoms with van der Waals surface area (Å²) in [6, 6.07) is 14.9. The molecule has 8 nitrogen and oxygen atoms in total. The van der Waals surface area contributed by atoms with Gasteiger partial charge in [-0.25, -0.2) is 9.59 Å². The highest BCUT2D eigenvalue weighted by Crippen LogP contribution is 2.17. The van der Waals surface area contributed by atoms with Crippen LogP contribution in [0.1, 0.15) is 32.9 Å². The lowest BCUT2D eigenvalue weighted by molar-refractivity contribution is 0.0696. The van der Waals surface area contributed by atoms with Gasteiger partial charge in [0.05, 0.1) is 11.3 Å². The SMILES string of the molecule is Cc1cccnc1CCc1ccc(OC(=O)N2CCN(Cc3ccc(C(=O)O)cn3)CC2)cc1. The number of amides is 1. The van der Waals surface area contributed by atoms with Crippen LogP contribution in [-0.4, -0.2) is 63.1 Å². The van der Waals surface area contributed by atoms with Crippen molar-refractivity contribution in [3.8, 4) is 5.75 Å². The predicted molar refractivity (Wildman–Crippen MR) is 127 cm³/mol. The zero-order valence-electron chi connectivity index (χ0n) is 19.2. The molecule has 0 spiro atoms. The Bertz CT molecular complexity index is 1120. The maximum Gasteiger partial charge on any atom is 0.415 e. The molecule has 3 heterocycles. The van der Waals surface area contributed by atoms with Crippen LogP contribution in [0.2, 0.25) is 0 Å². The van der Waals surface area contributed by atoms with Crippen LogP contribution in [0, 0.1) is 6.92 Å². The number of carbonyl (C=O) groups excluding carboxylic acids is 1. The molecule has 0 bridgehead atoms. The van der Waals surface area contributed by atoms with Gasteiger partial charge in [-0.3, -0.25) is 14.9 Å². The summed E-state index contributed by atoms with van der Waals surface area (Å²) in [6.07, 6.45) is 4.59.